The molecule has 0 fully saturated rings. The van der Waals surface area contributed by atoms with Crippen LogP contribution in [-0.2, 0) is 14.1 Å². The summed E-state index contributed by atoms with van der Waals surface area (Å²) in [5.74, 6) is 2.01. The lowest BCUT2D eigenvalue weighted by molar-refractivity contribution is 0.886. The Morgan fingerprint density at radius 3 is 2.07 bits per heavy atom. The number of imidazole rings is 2. The minimum absolute atomic E-state index is 0.989. The van der Waals surface area contributed by atoms with Crippen molar-refractivity contribution in [2.75, 3.05) is 0 Å². The quantitative estimate of drug-likeness (QED) is 0.419. The summed E-state index contributed by atoms with van der Waals surface area (Å²) in [7, 11) is 4.14. The van der Waals surface area contributed by atoms with Gasteiger partial charge in [0.15, 0.2) is 0 Å². The van der Waals surface area contributed by atoms with Gasteiger partial charge in [-0.1, -0.05) is 42.0 Å². The number of aryl methyl sites for hydroxylation is 4. The lowest BCUT2D eigenvalue weighted by Gasteiger charge is -2.05. The van der Waals surface area contributed by atoms with Crippen LogP contribution in [0, 0.1) is 13.8 Å². The van der Waals surface area contributed by atoms with Crippen LogP contribution >= 0.6 is 0 Å². The predicted octanol–water partition coefficient (Wildman–Crippen LogP) is 5.41. The fourth-order valence-electron chi connectivity index (χ4n) is 3.83. The minimum Gasteiger partial charge on any atom is -0.331 e. The molecule has 0 amide bonds. The molecule has 0 spiro atoms. The first kappa shape index (κ1) is 16.8. The fraction of sp³-hybridized carbons (Fsp3) is 0.167. The molecule has 4 heteroatoms. The summed E-state index contributed by atoms with van der Waals surface area (Å²) in [6.07, 6.45) is 0. The number of aromatic nitrogens is 4. The Hall–Kier alpha value is -3.40. The van der Waals surface area contributed by atoms with Gasteiger partial charge in [0, 0.05) is 19.7 Å². The van der Waals surface area contributed by atoms with E-state index in [4.69, 9.17) is 4.98 Å². The van der Waals surface area contributed by atoms with Crippen molar-refractivity contribution >= 4 is 22.1 Å². The molecule has 0 saturated heterocycles. The Bertz CT molecular complexity index is 1340. The predicted molar refractivity (Wildman–Crippen MR) is 115 cm³/mol. The van der Waals surface area contributed by atoms with Gasteiger partial charge in [-0.2, -0.15) is 0 Å². The topological polar surface area (TPSA) is 35.6 Å². The zero-order chi connectivity index (χ0) is 19.4. The second kappa shape index (κ2) is 6.06. The summed E-state index contributed by atoms with van der Waals surface area (Å²) in [4.78, 5) is 9.53. The Labute approximate surface area is 164 Å². The largest absolute Gasteiger partial charge is 0.331 e. The second-order valence-corrected chi connectivity index (χ2v) is 7.49. The van der Waals surface area contributed by atoms with E-state index in [0.29, 0.717) is 0 Å². The number of hydrogen-bond donors (Lipinski definition) is 0. The summed E-state index contributed by atoms with van der Waals surface area (Å²) in [6.45, 7) is 4.14. The van der Waals surface area contributed by atoms with Crippen LogP contribution in [0.2, 0.25) is 0 Å². The van der Waals surface area contributed by atoms with Crippen LogP contribution in [0.15, 0.2) is 60.7 Å². The van der Waals surface area contributed by atoms with Gasteiger partial charge in [0.1, 0.15) is 11.6 Å². The van der Waals surface area contributed by atoms with Crippen LogP contribution in [0.4, 0.5) is 0 Å². The average Bonchev–Trinajstić information content (AvgIpc) is 3.18. The van der Waals surface area contributed by atoms with Gasteiger partial charge >= 0.3 is 0 Å². The molecule has 2 aromatic heterocycles. The highest BCUT2D eigenvalue weighted by Crippen LogP contribution is 2.30. The SMILES string of the molecule is Cc1ccc(-c2nc3ccc(-c4ccc5c(c4)nc(C)n5C)cc3n2C)cc1. The monoisotopic (exact) mass is 366 g/mol. The van der Waals surface area contributed by atoms with E-state index in [9.17, 15) is 0 Å². The van der Waals surface area contributed by atoms with Crippen molar-refractivity contribution in [3.05, 3.63) is 72.1 Å². The van der Waals surface area contributed by atoms with Crippen LogP contribution in [0.5, 0.6) is 0 Å². The van der Waals surface area contributed by atoms with Crippen LogP contribution in [0.1, 0.15) is 11.4 Å². The molecule has 5 rings (SSSR count). The van der Waals surface area contributed by atoms with Crippen LogP contribution in [0.25, 0.3) is 44.6 Å². The van der Waals surface area contributed by atoms with Crippen molar-refractivity contribution in [3.8, 4) is 22.5 Å². The number of hydrogen-bond acceptors (Lipinski definition) is 2. The van der Waals surface area contributed by atoms with E-state index >= 15 is 0 Å². The maximum absolute atomic E-state index is 4.86. The molecule has 0 unspecified atom stereocenters. The van der Waals surface area contributed by atoms with Crippen molar-refractivity contribution < 1.29 is 0 Å². The van der Waals surface area contributed by atoms with Gasteiger partial charge < -0.3 is 9.13 Å². The molecule has 0 bridgehead atoms. The highest BCUT2D eigenvalue weighted by molar-refractivity contribution is 5.88. The Morgan fingerprint density at radius 2 is 1.29 bits per heavy atom. The maximum atomic E-state index is 4.86. The molecule has 0 aliphatic heterocycles. The summed E-state index contributed by atoms with van der Waals surface area (Å²) in [6, 6.07) is 21.5. The van der Waals surface area contributed by atoms with Crippen molar-refractivity contribution in [2.24, 2.45) is 14.1 Å². The molecular weight excluding hydrogens is 344 g/mol. The lowest BCUT2D eigenvalue weighted by Crippen LogP contribution is -1.92. The number of fused-ring (bicyclic) bond motifs is 2. The molecule has 0 N–H and O–H groups in total. The lowest BCUT2D eigenvalue weighted by atomic mass is 10.0. The highest BCUT2D eigenvalue weighted by Gasteiger charge is 2.12. The van der Waals surface area contributed by atoms with Crippen molar-refractivity contribution in [1.29, 1.82) is 0 Å². The molecular formula is C24H22N4. The standard InChI is InChI=1S/C24H22N4/c1-15-5-7-17(8-6-15)24-26-20-11-9-19(14-23(20)28(24)4)18-10-12-22-21(13-18)25-16(2)27(22)3/h5-14H,1-4H3. The first-order valence-electron chi connectivity index (χ1n) is 9.48. The number of nitrogens with zero attached hydrogens (tertiary/aromatic N) is 4. The molecule has 0 aliphatic carbocycles. The summed E-state index contributed by atoms with van der Waals surface area (Å²) in [5, 5.41) is 0. The number of benzene rings is 3. The first-order valence-corrected chi connectivity index (χ1v) is 9.48. The van der Waals surface area contributed by atoms with E-state index in [0.717, 1.165) is 39.3 Å². The molecule has 4 nitrogen and oxygen atoms in total. The molecule has 138 valence electrons. The average molecular weight is 366 g/mol. The third-order valence-electron chi connectivity index (χ3n) is 5.63. The van der Waals surface area contributed by atoms with E-state index < -0.39 is 0 Å². The van der Waals surface area contributed by atoms with Gasteiger partial charge in [-0.05, 0) is 49.2 Å². The van der Waals surface area contributed by atoms with Crippen LogP contribution in [0.3, 0.4) is 0 Å². The highest BCUT2D eigenvalue weighted by atomic mass is 15.1. The summed E-state index contributed by atoms with van der Waals surface area (Å²) < 4.78 is 4.30. The van der Waals surface area contributed by atoms with Crippen LogP contribution in [-0.4, -0.2) is 19.1 Å². The Balaban J connectivity index is 1.63. The molecule has 0 aliphatic rings. The molecule has 28 heavy (non-hydrogen) atoms. The van der Waals surface area contributed by atoms with E-state index in [-0.39, 0.29) is 0 Å². The van der Waals surface area contributed by atoms with Crippen molar-refractivity contribution in [1.82, 2.24) is 19.1 Å². The first-order chi connectivity index (χ1) is 13.5. The van der Waals surface area contributed by atoms with Crippen molar-refractivity contribution in [2.45, 2.75) is 13.8 Å². The molecule has 0 radical (unpaired) electrons. The van der Waals surface area contributed by atoms with Gasteiger partial charge in [-0.15, -0.1) is 0 Å². The molecule has 0 atom stereocenters. The van der Waals surface area contributed by atoms with Gasteiger partial charge in [-0.25, -0.2) is 9.97 Å². The van der Waals surface area contributed by atoms with Gasteiger partial charge in [0.25, 0.3) is 0 Å². The third-order valence-corrected chi connectivity index (χ3v) is 5.63. The molecule has 2 heterocycles. The molecule has 3 aromatic carbocycles. The zero-order valence-electron chi connectivity index (χ0n) is 16.6. The molecule has 5 aromatic rings. The van der Waals surface area contributed by atoms with Gasteiger partial charge in [0.05, 0.1) is 22.1 Å². The van der Waals surface area contributed by atoms with E-state index in [1.807, 2.05) is 6.92 Å². The zero-order valence-corrected chi connectivity index (χ0v) is 16.6. The van der Waals surface area contributed by atoms with E-state index in [1.54, 1.807) is 0 Å². The van der Waals surface area contributed by atoms with Crippen LogP contribution < -0.4 is 0 Å². The minimum atomic E-state index is 0.989. The van der Waals surface area contributed by atoms with Gasteiger partial charge in [0.2, 0.25) is 0 Å². The van der Waals surface area contributed by atoms with E-state index in [1.165, 1.54) is 16.7 Å². The number of rotatable bonds is 2. The Morgan fingerprint density at radius 1 is 0.607 bits per heavy atom. The fourth-order valence-corrected chi connectivity index (χ4v) is 3.83. The summed E-state index contributed by atoms with van der Waals surface area (Å²) in [5.41, 5.74) is 9.07. The van der Waals surface area contributed by atoms with Crippen molar-refractivity contribution in [3.63, 3.8) is 0 Å². The third kappa shape index (κ3) is 2.53. The Kier molecular flexibility index (Phi) is 3.63. The van der Waals surface area contributed by atoms with E-state index in [2.05, 4.69) is 95.8 Å². The smallest absolute Gasteiger partial charge is 0.140 e. The summed E-state index contributed by atoms with van der Waals surface area (Å²) >= 11 is 0. The maximum Gasteiger partial charge on any atom is 0.140 e. The normalized spacial score (nSPS) is 11.6. The molecule has 0 saturated carbocycles. The van der Waals surface area contributed by atoms with Gasteiger partial charge in [-0.3, -0.25) is 0 Å². The second-order valence-electron chi connectivity index (χ2n) is 7.49.